The third kappa shape index (κ3) is 5.26. The fourth-order valence-corrected chi connectivity index (χ4v) is 8.03. The highest BCUT2D eigenvalue weighted by Gasteiger charge is 2.22. The van der Waals surface area contributed by atoms with E-state index in [4.69, 9.17) is 13.8 Å². The molecular formula is C51H32N2O2. The van der Waals surface area contributed by atoms with Gasteiger partial charge >= 0.3 is 0 Å². The highest BCUT2D eigenvalue weighted by Crippen LogP contribution is 2.44. The number of para-hydroxylation sites is 1. The molecule has 11 rings (SSSR count). The van der Waals surface area contributed by atoms with Crippen LogP contribution in [0.2, 0.25) is 0 Å². The molecule has 0 saturated heterocycles. The van der Waals surface area contributed by atoms with Crippen LogP contribution in [0.5, 0.6) is 0 Å². The molecule has 0 spiro atoms. The lowest BCUT2D eigenvalue weighted by atomic mass is 9.99. The summed E-state index contributed by atoms with van der Waals surface area (Å²) in [5.74, 6) is 0.582. The first-order valence-corrected chi connectivity index (χ1v) is 18.5. The summed E-state index contributed by atoms with van der Waals surface area (Å²) in [4.78, 5) is 7.33. The molecule has 0 N–H and O–H groups in total. The standard InChI is InChI=1S/C51H32N2O2/c1-3-12-33(13-4-1)37-17-11-18-40(30-37)53(41-28-29-43-38(31-41)23-22-34-14-7-8-19-42(34)43)39-26-24-35(25-27-39)48-49-45(44-20-9-10-21-47(44)54-49)32-46-50(48)55-51(52-46)36-15-5-2-6-16-36/h1-32H. The number of oxazole rings is 1. The molecule has 4 nitrogen and oxygen atoms in total. The number of benzene rings is 9. The summed E-state index contributed by atoms with van der Waals surface area (Å²) < 4.78 is 13.2. The molecule has 2 heterocycles. The first kappa shape index (κ1) is 31.1. The molecule has 9 aromatic carbocycles. The zero-order valence-electron chi connectivity index (χ0n) is 29.7. The van der Waals surface area contributed by atoms with Crippen LogP contribution < -0.4 is 4.90 Å². The minimum absolute atomic E-state index is 0.582. The summed E-state index contributed by atoms with van der Waals surface area (Å²) in [6.45, 7) is 0. The average Bonchev–Trinajstić information content (AvgIpc) is 3.85. The number of furan rings is 1. The highest BCUT2D eigenvalue weighted by molar-refractivity contribution is 6.16. The smallest absolute Gasteiger partial charge is 0.227 e. The molecule has 4 heteroatoms. The monoisotopic (exact) mass is 704 g/mol. The topological polar surface area (TPSA) is 42.4 Å². The quantitative estimate of drug-likeness (QED) is 0.162. The van der Waals surface area contributed by atoms with Crippen LogP contribution in [0.3, 0.4) is 0 Å². The Hall–Kier alpha value is -7.43. The normalized spacial score (nSPS) is 11.6. The van der Waals surface area contributed by atoms with Gasteiger partial charge in [-0.2, -0.15) is 0 Å². The van der Waals surface area contributed by atoms with Gasteiger partial charge in [0.1, 0.15) is 16.7 Å². The lowest BCUT2D eigenvalue weighted by Gasteiger charge is -2.26. The molecule has 11 aromatic rings. The van der Waals surface area contributed by atoms with Crippen LogP contribution in [0.4, 0.5) is 17.1 Å². The van der Waals surface area contributed by atoms with Gasteiger partial charge in [0.25, 0.3) is 0 Å². The van der Waals surface area contributed by atoms with E-state index >= 15 is 0 Å². The molecule has 0 radical (unpaired) electrons. The third-order valence-electron chi connectivity index (χ3n) is 10.7. The number of nitrogens with zero attached hydrogens (tertiary/aromatic N) is 2. The summed E-state index contributed by atoms with van der Waals surface area (Å²) >= 11 is 0. The summed E-state index contributed by atoms with van der Waals surface area (Å²) in [5, 5.41) is 6.98. The Labute approximate surface area is 317 Å². The number of hydrogen-bond acceptors (Lipinski definition) is 4. The predicted octanol–water partition coefficient (Wildman–Crippen LogP) is 14.5. The molecule has 0 aliphatic carbocycles. The SMILES string of the molecule is c1ccc(-c2cccc(N(c3ccc(-c4c5oc(-c6ccccc6)nc5cc5c4oc4ccccc45)cc3)c3ccc4c(ccc5ccccc54)c3)c2)cc1. The van der Waals surface area contributed by atoms with Crippen LogP contribution in [0, 0.1) is 0 Å². The molecule has 0 amide bonds. The van der Waals surface area contributed by atoms with E-state index in [9.17, 15) is 0 Å². The highest BCUT2D eigenvalue weighted by atomic mass is 16.4. The van der Waals surface area contributed by atoms with E-state index in [1.165, 1.54) is 27.1 Å². The summed E-state index contributed by atoms with van der Waals surface area (Å²) in [6.07, 6.45) is 0. The van der Waals surface area contributed by atoms with Crippen molar-refractivity contribution in [2.24, 2.45) is 0 Å². The number of aromatic nitrogens is 1. The van der Waals surface area contributed by atoms with Crippen molar-refractivity contribution in [1.82, 2.24) is 4.98 Å². The van der Waals surface area contributed by atoms with E-state index in [1.807, 2.05) is 48.5 Å². The Bertz CT molecular complexity index is 3200. The van der Waals surface area contributed by atoms with E-state index in [0.717, 1.165) is 66.8 Å². The fraction of sp³-hybridized carbons (Fsp3) is 0. The van der Waals surface area contributed by atoms with Gasteiger partial charge in [-0.15, -0.1) is 0 Å². The van der Waals surface area contributed by atoms with E-state index in [-0.39, 0.29) is 0 Å². The van der Waals surface area contributed by atoms with Gasteiger partial charge in [-0.1, -0.05) is 133 Å². The van der Waals surface area contributed by atoms with E-state index in [1.54, 1.807) is 0 Å². The maximum absolute atomic E-state index is 6.61. The van der Waals surface area contributed by atoms with Gasteiger partial charge in [-0.3, -0.25) is 0 Å². The lowest BCUT2D eigenvalue weighted by molar-refractivity contribution is 0.619. The lowest BCUT2D eigenvalue weighted by Crippen LogP contribution is -2.10. The Kier molecular flexibility index (Phi) is 7.14. The largest absolute Gasteiger partial charge is 0.455 e. The zero-order chi connectivity index (χ0) is 36.3. The second-order valence-electron chi connectivity index (χ2n) is 14.0. The maximum Gasteiger partial charge on any atom is 0.227 e. The molecule has 0 atom stereocenters. The number of hydrogen-bond donors (Lipinski definition) is 0. The molecule has 0 aliphatic heterocycles. The van der Waals surface area contributed by atoms with Crippen LogP contribution >= 0.6 is 0 Å². The van der Waals surface area contributed by atoms with Crippen molar-refractivity contribution in [3.63, 3.8) is 0 Å². The second kappa shape index (κ2) is 12.6. The summed E-state index contributed by atoms with van der Waals surface area (Å²) in [7, 11) is 0. The first-order chi connectivity index (χ1) is 27.2. The van der Waals surface area contributed by atoms with Gasteiger partial charge in [0.15, 0.2) is 5.58 Å². The molecule has 0 fully saturated rings. The molecule has 0 unspecified atom stereocenters. The van der Waals surface area contributed by atoms with Crippen molar-refractivity contribution in [1.29, 1.82) is 0 Å². The molecule has 2 aromatic heterocycles. The van der Waals surface area contributed by atoms with Gasteiger partial charge in [-0.25, -0.2) is 4.98 Å². The number of anilines is 3. The number of fused-ring (bicyclic) bond motifs is 7. The minimum atomic E-state index is 0.582. The average molecular weight is 705 g/mol. The maximum atomic E-state index is 6.61. The van der Waals surface area contributed by atoms with E-state index in [2.05, 4.69) is 150 Å². The van der Waals surface area contributed by atoms with Crippen molar-refractivity contribution >= 4 is 71.6 Å². The van der Waals surface area contributed by atoms with Crippen molar-refractivity contribution in [3.05, 3.63) is 194 Å². The van der Waals surface area contributed by atoms with Crippen molar-refractivity contribution in [3.8, 4) is 33.7 Å². The second-order valence-corrected chi connectivity index (χ2v) is 14.0. The summed E-state index contributed by atoms with van der Waals surface area (Å²) in [6, 6.07) is 68.1. The van der Waals surface area contributed by atoms with Crippen molar-refractivity contribution < 1.29 is 8.83 Å². The third-order valence-corrected chi connectivity index (χ3v) is 10.7. The van der Waals surface area contributed by atoms with Crippen molar-refractivity contribution in [2.75, 3.05) is 4.90 Å². The Morgan fingerprint density at radius 2 is 1.02 bits per heavy atom. The van der Waals surface area contributed by atoms with Crippen LogP contribution in [0.1, 0.15) is 0 Å². The fourth-order valence-electron chi connectivity index (χ4n) is 8.03. The van der Waals surface area contributed by atoms with Gasteiger partial charge in [-0.05, 0) is 98.9 Å². The molecule has 0 bridgehead atoms. The predicted molar refractivity (Wildman–Crippen MR) is 227 cm³/mol. The Morgan fingerprint density at radius 1 is 0.364 bits per heavy atom. The van der Waals surface area contributed by atoms with Crippen LogP contribution in [0.25, 0.3) is 88.3 Å². The van der Waals surface area contributed by atoms with Crippen molar-refractivity contribution in [2.45, 2.75) is 0 Å². The molecule has 0 aliphatic rings. The Balaban J connectivity index is 1.09. The van der Waals surface area contributed by atoms with Crippen LogP contribution in [-0.4, -0.2) is 4.98 Å². The van der Waals surface area contributed by atoms with Gasteiger partial charge in [0, 0.05) is 33.4 Å². The van der Waals surface area contributed by atoms with E-state index < -0.39 is 0 Å². The minimum Gasteiger partial charge on any atom is -0.455 e. The van der Waals surface area contributed by atoms with Crippen LogP contribution in [-0.2, 0) is 0 Å². The molecule has 55 heavy (non-hydrogen) atoms. The van der Waals surface area contributed by atoms with Gasteiger partial charge < -0.3 is 13.7 Å². The zero-order valence-corrected chi connectivity index (χ0v) is 29.7. The Morgan fingerprint density at radius 3 is 1.85 bits per heavy atom. The summed E-state index contributed by atoms with van der Waals surface area (Å²) in [5.41, 5.74) is 11.4. The first-order valence-electron chi connectivity index (χ1n) is 18.5. The molecule has 258 valence electrons. The van der Waals surface area contributed by atoms with Gasteiger partial charge in [0.2, 0.25) is 5.89 Å². The number of rotatable bonds is 6. The van der Waals surface area contributed by atoms with Crippen LogP contribution in [0.15, 0.2) is 203 Å². The molecule has 0 saturated carbocycles. The van der Waals surface area contributed by atoms with Gasteiger partial charge in [0.05, 0.1) is 5.56 Å². The van der Waals surface area contributed by atoms with E-state index in [0.29, 0.717) is 11.5 Å². The molecular weight excluding hydrogens is 673 g/mol.